The molecule has 0 fully saturated rings. The van der Waals surface area contributed by atoms with E-state index in [4.69, 9.17) is 16.3 Å². The van der Waals surface area contributed by atoms with E-state index in [1.807, 2.05) is 19.1 Å². The normalized spacial score (nSPS) is 10.8. The smallest absolute Gasteiger partial charge is 0.359 e. The number of hydrogen-bond acceptors (Lipinski definition) is 6. The van der Waals surface area contributed by atoms with Crippen LogP contribution in [0.3, 0.4) is 0 Å². The van der Waals surface area contributed by atoms with Crippen molar-refractivity contribution in [2.75, 3.05) is 11.9 Å². The van der Waals surface area contributed by atoms with Crippen molar-refractivity contribution in [2.45, 2.75) is 6.92 Å². The second-order valence-corrected chi connectivity index (χ2v) is 6.66. The Hall–Kier alpha value is -3.72. The maximum absolute atomic E-state index is 12.3. The molecule has 3 heterocycles. The summed E-state index contributed by atoms with van der Waals surface area (Å²) in [6.45, 7) is 1.45. The van der Waals surface area contributed by atoms with Crippen LogP contribution in [-0.4, -0.2) is 42.6 Å². The minimum Gasteiger partial charge on any atom is -0.451 e. The van der Waals surface area contributed by atoms with Gasteiger partial charge in [0.25, 0.3) is 5.91 Å². The van der Waals surface area contributed by atoms with Crippen LogP contribution >= 0.6 is 11.6 Å². The fourth-order valence-corrected chi connectivity index (χ4v) is 2.89. The number of rotatable bonds is 5. The lowest BCUT2D eigenvalue weighted by molar-refractivity contribution is -0.119. The number of halogens is 1. The number of carbonyl (C=O) groups is 2. The summed E-state index contributed by atoms with van der Waals surface area (Å²) in [5, 5.41) is 7.14. The van der Waals surface area contributed by atoms with Crippen molar-refractivity contribution in [1.29, 1.82) is 0 Å². The molecule has 1 N–H and O–H groups in total. The fourth-order valence-electron chi connectivity index (χ4n) is 2.71. The number of aromatic nitrogens is 5. The molecule has 0 bridgehead atoms. The Morgan fingerprint density at radius 2 is 2.10 bits per heavy atom. The zero-order chi connectivity index (χ0) is 20.4. The first kappa shape index (κ1) is 18.6. The van der Waals surface area contributed by atoms with Gasteiger partial charge < -0.3 is 14.5 Å². The lowest BCUT2D eigenvalue weighted by Crippen LogP contribution is -2.22. The zero-order valence-electron chi connectivity index (χ0n) is 15.2. The highest BCUT2D eigenvalue weighted by Crippen LogP contribution is 2.23. The first-order valence-corrected chi connectivity index (χ1v) is 8.94. The van der Waals surface area contributed by atoms with E-state index in [2.05, 4.69) is 20.4 Å². The number of nitrogens with one attached hydrogen (secondary N) is 1. The van der Waals surface area contributed by atoms with Crippen molar-refractivity contribution in [1.82, 2.24) is 24.1 Å². The first-order valence-electron chi connectivity index (χ1n) is 8.56. The number of imidazole rings is 1. The molecule has 0 saturated carbocycles. The van der Waals surface area contributed by atoms with Gasteiger partial charge in [0, 0.05) is 17.4 Å². The van der Waals surface area contributed by atoms with Crippen LogP contribution in [0.5, 0.6) is 0 Å². The molecule has 0 aliphatic heterocycles. The van der Waals surface area contributed by atoms with Gasteiger partial charge in [-0.05, 0) is 42.8 Å². The lowest BCUT2D eigenvalue weighted by atomic mass is 10.2. The van der Waals surface area contributed by atoms with E-state index in [1.54, 1.807) is 35.0 Å². The highest BCUT2D eigenvalue weighted by atomic mass is 35.5. The maximum atomic E-state index is 12.3. The van der Waals surface area contributed by atoms with E-state index in [0.29, 0.717) is 22.0 Å². The Morgan fingerprint density at radius 3 is 2.90 bits per heavy atom. The van der Waals surface area contributed by atoms with Crippen LogP contribution in [-0.2, 0) is 9.53 Å². The molecule has 0 saturated heterocycles. The number of carbonyl (C=O) groups excluding carboxylic acids is 2. The number of pyridine rings is 1. The van der Waals surface area contributed by atoms with Crippen molar-refractivity contribution >= 4 is 34.8 Å². The Labute approximate surface area is 169 Å². The van der Waals surface area contributed by atoms with E-state index in [9.17, 15) is 9.59 Å². The van der Waals surface area contributed by atoms with E-state index < -0.39 is 18.5 Å². The van der Waals surface area contributed by atoms with Crippen LogP contribution in [0.2, 0.25) is 5.02 Å². The Kier molecular flexibility index (Phi) is 4.96. The quantitative estimate of drug-likeness (QED) is 0.507. The lowest BCUT2D eigenvalue weighted by Gasteiger charge is -2.11. The summed E-state index contributed by atoms with van der Waals surface area (Å²) in [5.74, 6) is -1.22. The van der Waals surface area contributed by atoms with Gasteiger partial charge in [0.15, 0.2) is 12.3 Å². The molecule has 9 nitrogen and oxygen atoms in total. The van der Waals surface area contributed by atoms with Crippen LogP contribution in [0.25, 0.3) is 11.3 Å². The molecule has 0 spiro atoms. The van der Waals surface area contributed by atoms with Crippen LogP contribution in [0.15, 0.2) is 55.4 Å². The Bertz CT molecular complexity index is 1200. The largest absolute Gasteiger partial charge is 0.451 e. The number of hydrogen-bond donors (Lipinski definition) is 1. The third-order valence-electron chi connectivity index (χ3n) is 4.06. The monoisotopic (exact) mass is 410 g/mol. The molecule has 4 rings (SSSR count). The number of ether oxygens (including phenoxy) is 1. The highest BCUT2D eigenvalue weighted by molar-refractivity contribution is 6.31. The predicted octanol–water partition coefficient (Wildman–Crippen LogP) is 2.67. The Morgan fingerprint density at radius 1 is 1.24 bits per heavy atom. The van der Waals surface area contributed by atoms with Crippen molar-refractivity contribution in [3.63, 3.8) is 0 Å². The van der Waals surface area contributed by atoms with Crippen LogP contribution < -0.4 is 5.32 Å². The van der Waals surface area contributed by atoms with Gasteiger partial charge in [-0.3, -0.25) is 4.79 Å². The summed E-state index contributed by atoms with van der Waals surface area (Å²) in [4.78, 5) is 32.6. The van der Waals surface area contributed by atoms with Gasteiger partial charge in [-0.2, -0.15) is 5.10 Å². The summed E-state index contributed by atoms with van der Waals surface area (Å²) in [7, 11) is 0. The van der Waals surface area contributed by atoms with Crippen molar-refractivity contribution in [3.8, 4) is 5.69 Å². The molecule has 0 atom stereocenters. The minimum atomic E-state index is -0.691. The average molecular weight is 411 g/mol. The summed E-state index contributed by atoms with van der Waals surface area (Å²) < 4.78 is 8.28. The predicted molar refractivity (Wildman–Crippen MR) is 105 cm³/mol. The SMILES string of the molecule is Cc1ccn2cc(C(=O)OCC(=O)Nc3cc(Cl)ccc3-n3cncn3)nc2c1. The molecule has 146 valence electrons. The average Bonchev–Trinajstić information content (AvgIpc) is 3.35. The van der Waals surface area contributed by atoms with E-state index in [1.165, 1.54) is 17.3 Å². The van der Waals surface area contributed by atoms with Crippen LogP contribution in [0.1, 0.15) is 16.1 Å². The Balaban J connectivity index is 1.43. The summed E-state index contributed by atoms with van der Waals surface area (Å²) >= 11 is 6.03. The zero-order valence-corrected chi connectivity index (χ0v) is 16.0. The summed E-state index contributed by atoms with van der Waals surface area (Å²) in [6, 6.07) is 8.67. The van der Waals surface area contributed by atoms with Gasteiger partial charge in [0.05, 0.1) is 11.4 Å². The standard InChI is InChI=1S/C19H15ClN6O3/c1-12-4-5-25-8-15(23-17(25)6-12)19(28)29-9-18(27)24-14-7-13(20)2-3-16(14)26-11-21-10-22-26/h2-8,10-11H,9H2,1H3,(H,24,27). The molecular formula is C19H15ClN6O3. The molecule has 10 heteroatoms. The molecule has 0 aliphatic carbocycles. The van der Waals surface area contributed by atoms with E-state index in [0.717, 1.165) is 5.56 Å². The molecule has 0 radical (unpaired) electrons. The number of benzene rings is 1. The number of nitrogens with zero attached hydrogens (tertiary/aromatic N) is 5. The van der Waals surface area contributed by atoms with Gasteiger partial charge >= 0.3 is 5.97 Å². The van der Waals surface area contributed by atoms with Gasteiger partial charge in [-0.25, -0.2) is 19.4 Å². The van der Waals surface area contributed by atoms with Gasteiger partial charge in [-0.15, -0.1) is 0 Å². The highest BCUT2D eigenvalue weighted by Gasteiger charge is 2.16. The van der Waals surface area contributed by atoms with Crippen LogP contribution in [0, 0.1) is 6.92 Å². The molecule has 0 aliphatic rings. The number of aryl methyl sites for hydroxylation is 1. The molecule has 0 unspecified atom stereocenters. The molecule has 29 heavy (non-hydrogen) atoms. The topological polar surface area (TPSA) is 103 Å². The first-order chi connectivity index (χ1) is 14.0. The number of fused-ring (bicyclic) bond motifs is 1. The maximum Gasteiger partial charge on any atom is 0.359 e. The second kappa shape index (κ2) is 7.72. The number of anilines is 1. The molecule has 1 amide bonds. The van der Waals surface area contributed by atoms with E-state index >= 15 is 0 Å². The third-order valence-corrected chi connectivity index (χ3v) is 4.29. The number of amides is 1. The summed E-state index contributed by atoms with van der Waals surface area (Å²) in [5.41, 5.74) is 2.74. The van der Waals surface area contributed by atoms with Gasteiger partial charge in [0.2, 0.25) is 0 Å². The third kappa shape index (κ3) is 4.09. The van der Waals surface area contributed by atoms with Gasteiger partial charge in [-0.1, -0.05) is 11.6 Å². The van der Waals surface area contributed by atoms with E-state index in [-0.39, 0.29) is 5.69 Å². The molecular weight excluding hydrogens is 396 g/mol. The second-order valence-electron chi connectivity index (χ2n) is 6.22. The molecule has 1 aromatic carbocycles. The van der Waals surface area contributed by atoms with Crippen molar-refractivity contribution in [3.05, 3.63) is 71.7 Å². The van der Waals surface area contributed by atoms with Crippen LogP contribution in [0.4, 0.5) is 5.69 Å². The van der Waals surface area contributed by atoms with Gasteiger partial charge in [0.1, 0.15) is 18.3 Å². The minimum absolute atomic E-state index is 0.120. The molecule has 3 aromatic heterocycles. The van der Waals surface area contributed by atoms with Crippen molar-refractivity contribution in [2.24, 2.45) is 0 Å². The fraction of sp³-hybridized carbons (Fsp3) is 0.105. The summed E-state index contributed by atoms with van der Waals surface area (Å²) in [6.07, 6.45) is 6.21. The molecule has 4 aromatic rings. The number of esters is 1. The van der Waals surface area contributed by atoms with Crippen molar-refractivity contribution < 1.29 is 14.3 Å².